The van der Waals surface area contributed by atoms with Gasteiger partial charge >= 0.3 is 0 Å². The van der Waals surface area contributed by atoms with Crippen molar-refractivity contribution in [3.05, 3.63) is 59.8 Å². The molecule has 8 heteroatoms. The summed E-state index contributed by atoms with van der Waals surface area (Å²) in [5, 5.41) is 14.3. The number of carbonyl (C=O) groups is 1. The van der Waals surface area contributed by atoms with Crippen molar-refractivity contribution in [3.8, 4) is 5.75 Å². The molecule has 0 bridgehead atoms. The lowest BCUT2D eigenvalue weighted by atomic mass is 10.1. The second-order valence-corrected chi connectivity index (χ2v) is 7.55. The number of nitrogens with one attached hydrogen (secondary N) is 1. The maximum atomic E-state index is 11.1. The van der Waals surface area contributed by atoms with E-state index in [-0.39, 0.29) is 13.2 Å². The summed E-state index contributed by atoms with van der Waals surface area (Å²) in [4.78, 5) is 11.1. The highest BCUT2D eigenvalue weighted by atomic mass is 16.5. The lowest BCUT2D eigenvalue weighted by molar-refractivity contribution is -0.138. The Hall–Kier alpha value is -2.94. The van der Waals surface area contributed by atoms with Crippen LogP contribution < -0.4 is 10.2 Å². The minimum Gasteiger partial charge on any atom is -0.497 e. The zero-order chi connectivity index (χ0) is 21.6. The molecule has 1 aromatic heterocycles. The van der Waals surface area contributed by atoms with Crippen LogP contribution in [-0.2, 0) is 27.4 Å². The second-order valence-electron chi connectivity index (χ2n) is 7.55. The summed E-state index contributed by atoms with van der Waals surface area (Å²) in [6.45, 7) is 4.65. The molecule has 160 valence electrons. The first-order valence-electron chi connectivity index (χ1n) is 9.64. The van der Waals surface area contributed by atoms with Gasteiger partial charge < -0.3 is 14.2 Å². The minimum absolute atomic E-state index is 0.199. The van der Waals surface area contributed by atoms with Gasteiger partial charge in [-0.1, -0.05) is 30.3 Å². The summed E-state index contributed by atoms with van der Waals surface area (Å²) in [5.41, 5.74) is 3.89. The number of methoxy groups -OCH3 is 1. The molecule has 3 aromatic rings. The van der Waals surface area contributed by atoms with Gasteiger partial charge in [-0.2, -0.15) is 5.10 Å². The lowest BCUT2D eigenvalue weighted by Gasteiger charge is -2.24. The first-order chi connectivity index (χ1) is 14.4. The Morgan fingerprint density at radius 2 is 1.90 bits per heavy atom. The molecule has 2 N–H and O–H groups in total. The molecule has 1 amide bonds. The molecule has 8 nitrogen and oxygen atoms in total. The van der Waals surface area contributed by atoms with E-state index in [2.05, 4.69) is 0 Å². The van der Waals surface area contributed by atoms with Crippen molar-refractivity contribution in [2.75, 3.05) is 20.3 Å². The maximum Gasteiger partial charge on any atom is 0.269 e. The van der Waals surface area contributed by atoms with Crippen LogP contribution >= 0.6 is 0 Å². The van der Waals surface area contributed by atoms with Crippen LogP contribution in [-0.4, -0.2) is 46.8 Å². The number of nitrogens with zero attached hydrogens (tertiary/aromatic N) is 2. The van der Waals surface area contributed by atoms with Crippen LogP contribution in [0.1, 0.15) is 25.1 Å². The summed E-state index contributed by atoms with van der Waals surface area (Å²) in [6.07, 6.45) is 0. The minimum atomic E-state index is -0.628. The predicted octanol–water partition coefficient (Wildman–Crippen LogP) is 2.91. The molecular weight excluding hydrogens is 386 g/mol. The zero-order valence-corrected chi connectivity index (χ0v) is 17.4. The van der Waals surface area contributed by atoms with Crippen LogP contribution in [0.25, 0.3) is 10.9 Å². The number of benzene rings is 2. The fourth-order valence-corrected chi connectivity index (χ4v) is 3.05. The van der Waals surface area contributed by atoms with Crippen molar-refractivity contribution in [3.63, 3.8) is 0 Å². The van der Waals surface area contributed by atoms with Crippen LogP contribution in [0.5, 0.6) is 5.75 Å². The smallest absolute Gasteiger partial charge is 0.269 e. The summed E-state index contributed by atoms with van der Waals surface area (Å²) in [5.74, 6) is 0.216. The van der Waals surface area contributed by atoms with Crippen LogP contribution in [0, 0.1) is 0 Å². The molecule has 0 atom stereocenters. The van der Waals surface area contributed by atoms with Crippen LogP contribution in [0.2, 0.25) is 0 Å². The van der Waals surface area contributed by atoms with Gasteiger partial charge in [0.2, 0.25) is 0 Å². The molecule has 0 saturated carbocycles. The molecule has 0 aliphatic carbocycles. The van der Waals surface area contributed by atoms with Gasteiger partial charge in [0.25, 0.3) is 5.91 Å². The van der Waals surface area contributed by atoms with E-state index in [1.807, 2.05) is 67.1 Å². The number of aromatic nitrogens is 2. The number of hydrogen-bond acceptors (Lipinski definition) is 6. The van der Waals surface area contributed by atoms with Gasteiger partial charge in [-0.25, -0.2) is 5.48 Å². The van der Waals surface area contributed by atoms with Gasteiger partial charge in [0.05, 0.1) is 43.7 Å². The van der Waals surface area contributed by atoms with E-state index >= 15 is 0 Å². The van der Waals surface area contributed by atoms with Crippen LogP contribution in [0.4, 0.5) is 0 Å². The molecule has 0 spiro atoms. The molecule has 1 heterocycles. The first kappa shape index (κ1) is 21.8. The van der Waals surface area contributed by atoms with Crippen LogP contribution in [0.3, 0.4) is 0 Å². The Balaban J connectivity index is 1.70. The summed E-state index contributed by atoms with van der Waals surface area (Å²) in [7, 11) is 1.65. The van der Waals surface area contributed by atoms with Gasteiger partial charge in [-0.15, -0.1) is 0 Å². The molecule has 2 aromatic carbocycles. The molecule has 3 rings (SSSR count). The highest BCUT2D eigenvalue weighted by Crippen LogP contribution is 2.23. The molecule has 0 fully saturated rings. The van der Waals surface area contributed by atoms with Crippen molar-refractivity contribution < 1.29 is 24.2 Å². The third-order valence-corrected chi connectivity index (χ3v) is 4.63. The highest BCUT2D eigenvalue weighted by molar-refractivity contribution is 5.82. The molecule has 30 heavy (non-hydrogen) atoms. The molecule has 0 aliphatic rings. The quantitative estimate of drug-likeness (QED) is 0.392. The van der Waals surface area contributed by atoms with Gasteiger partial charge in [0.15, 0.2) is 0 Å². The van der Waals surface area contributed by atoms with Gasteiger partial charge in [-0.05, 0) is 37.6 Å². The number of amides is 1. The predicted molar refractivity (Wildman–Crippen MR) is 111 cm³/mol. The highest BCUT2D eigenvalue weighted by Gasteiger charge is 2.21. The fourth-order valence-electron chi connectivity index (χ4n) is 3.05. The van der Waals surface area contributed by atoms with E-state index in [1.54, 1.807) is 7.11 Å². The Morgan fingerprint density at radius 3 is 2.60 bits per heavy atom. The number of ether oxygens (including phenoxy) is 3. The maximum absolute atomic E-state index is 11.1. The summed E-state index contributed by atoms with van der Waals surface area (Å²) < 4.78 is 18.5. The number of rotatable bonds is 10. The van der Waals surface area contributed by atoms with E-state index in [0.717, 1.165) is 27.9 Å². The number of hydrogen-bond donors (Lipinski definition) is 2. The Labute approximate surface area is 175 Å². The van der Waals surface area contributed by atoms with Crippen molar-refractivity contribution in [1.29, 1.82) is 0 Å². The summed E-state index contributed by atoms with van der Waals surface area (Å²) >= 11 is 0. The monoisotopic (exact) mass is 413 g/mol. The number of hydroxylamine groups is 1. The average Bonchev–Trinajstić information content (AvgIpc) is 3.10. The Kier molecular flexibility index (Phi) is 7.04. The van der Waals surface area contributed by atoms with Gasteiger partial charge in [0.1, 0.15) is 12.4 Å². The molecular formula is C22H27N3O5. The third-order valence-electron chi connectivity index (χ3n) is 4.63. The van der Waals surface area contributed by atoms with E-state index in [9.17, 15) is 4.79 Å². The second kappa shape index (κ2) is 9.71. The summed E-state index contributed by atoms with van der Waals surface area (Å²) in [6, 6.07) is 16.0. The fraction of sp³-hybridized carbons (Fsp3) is 0.364. The van der Waals surface area contributed by atoms with Crippen LogP contribution in [0.15, 0.2) is 48.5 Å². The zero-order valence-electron chi connectivity index (χ0n) is 17.4. The third kappa shape index (κ3) is 5.56. The first-order valence-corrected chi connectivity index (χ1v) is 9.64. The molecule has 0 unspecified atom stereocenters. The molecule has 0 aliphatic heterocycles. The Morgan fingerprint density at radius 1 is 1.17 bits per heavy atom. The Bertz CT molecular complexity index is 982. The van der Waals surface area contributed by atoms with E-state index in [4.69, 9.17) is 24.5 Å². The van der Waals surface area contributed by atoms with Crippen molar-refractivity contribution in [2.24, 2.45) is 0 Å². The average molecular weight is 413 g/mol. The van der Waals surface area contributed by atoms with E-state index in [0.29, 0.717) is 13.2 Å². The topological polar surface area (TPSA) is 94.8 Å². The van der Waals surface area contributed by atoms with E-state index in [1.165, 1.54) is 5.48 Å². The standard InChI is InChI=1S/C22H27N3O5/c1-22(2,15-29-14-21(26)24-27)30-13-19-18-6-4-5-7-20(18)25(23-19)12-16-8-10-17(28-3)11-9-16/h4-11,27H,12-15H2,1-3H3,(H,24,26). The van der Waals surface area contributed by atoms with Crippen molar-refractivity contribution in [1.82, 2.24) is 15.3 Å². The van der Waals surface area contributed by atoms with Crippen molar-refractivity contribution in [2.45, 2.75) is 32.6 Å². The lowest BCUT2D eigenvalue weighted by Crippen LogP contribution is -2.33. The molecule has 0 radical (unpaired) electrons. The largest absolute Gasteiger partial charge is 0.497 e. The van der Waals surface area contributed by atoms with Gasteiger partial charge in [-0.3, -0.25) is 14.7 Å². The normalized spacial score (nSPS) is 11.6. The van der Waals surface area contributed by atoms with Gasteiger partial charge in [0, 0.05) is 5.39 Å². The number of fused-ring (bicyclic) bond motifs is 1. The molecule has 0 saturated heterocycles. The number of carbonyl (C=O) groups excluding carboxylic acids is 1. The van der Waals surface area contributed by atoms with Crippen molar-refractivity contribution >= 4 is 16.8 Å². The number of para-hydroxylation sites is 1. The SMILES string of the molecule is COc1ccc(Cn2nc(COC(C)(C)COCC(=O)NO)c3ccccc32)cc1. The van der Waals surface area contributed by atoms with E-state index < -0.39 is 11.5 Å².